The van der Waals surface area contributed by atoms with E-state index in [2.05, 4.69) is 230 Å². The molecule has 0 heterocycles. The van der Waals surface area contributed by atoms with Crippen molar-refractivity contribution >= 4 is 27.8 Å². The molecule has 0 aliphatic heterocycles. The van der Waals surface area contributed by atoms with Crippen LogP contribution < -0.4 is 4.90 Å². The summed E-state index contributed by atoms with van der Waals surface area (Å²) in [5, 5.41) is 2.44. The second-order valence-electron chi connectivity index (χ2n) is 14.6. The van der Waals surface area contributed by atoms with Crippen molar-refractivity contribution in [2.75, 3.05) is 4.90 Å². The van der Waals surface area contributed by atoms with Gasteiger partial charge in [-0.1, -0.05) is 188 Å². The molecule has 0 spiro atoms. The number of hydrogen-bond donors (Lipinski definition) is 0. The first-order valence-corrected chi connectivity index (χ1v) is 19.1. The Bertz CT molecular complexity index is 2800. The summed E-state index contributed by atoms with van der Waals surface area (Å²) in [5.74, 6) is 0. The molecule has 0 radical (unpaired) electrons. The molecule has 1 aliphatic rings. The summed E-state index contributed by atoms with van der Waals surface area (Å²) in [7, 11) is 0. The van der Waals surface area contributed by atoms with Crippen LogP contribution in [0.25, 0.3) is 55.3 Å². The van der Waals surface area contributed by atoms with Crippen LogP contribution in [0.3, 0.4) is 0 Å². The molecule has 0 saturated carbocycles. The molecular formula is C54H39N. The van der Waals surface area contributed by atoms with Gasteiger partial charge >= 0.3 is 0 Å². The lowest BCUT2D eigenvalue weighted by atomic mass is 9.74. The van der Waals surface area contributed by atoms with Gasteiger partial charge in [-0.15, -0.1) is 0 Å². The van der Waals surface area contributed by atoms with Crippen molar-refractivity contribution in [2.45, 2.75) is 12.3 Å². The Balaban J connectivity index is 1.13. The van der Waals surface area contributed by atoms with Crippen LogP contribution in [0, 0.1) is 0 Å². The van der Waals surface area contributed by atoms with Crippen molar-refractivity contribution in [1.82, 2.24) is 0 Å². The lowest BCUT2D eigenvalue weighted by Crippen LogP contribution is -2.22. The maximum atomic E-state index is 2.43. The molecule has 9 aromatic rings. The van der Waals surface area contributed by atoms with Crippen molar-refractivity contribution < 1.29 is 0 Å². The number of rotatable bonds is 7. The molecule has 1 unspecified atom stereocenters. The molecule has 0 saturated heterocycles. The van der Waals surface area contributed by atoms with E-state index in [0.717, 1.165) is 17.1 Å². The summed E-state index contributed by atoms with van der Waals surface area (Å²) in [4.78, 5) is 2.43. The lowest BCUT2D eigenvalue weighted by molar-refractivity contribution is 0.714. The maximum absolute atomic E-state index is 2.43. The van der Waals surface area contributed by atoms with Crippen molar-refractivity contribution in [3.8, 4) is 44.5 Å². The molecule has 1 nitrogen and oxygen atoms in total. The zero-order valence-corrected chi connectivity index (χ0v) is 30.7. The first-order valence-electron chi connectivity index (χ1n) is 19.1. The number of benzene rings is 9. The van der Waals surface area contributed by atoms with Gasteiger partial charge in [0.05, 0.1) is 5.69 Å². The standard InChI is InChI=1S/C54H39N/c1-54(44-19-6-3-7-20-44)50-24-12-10-22-49(50)53-48(23-14-25-51(53)54)47-21-11-13-26-52(47)55(46-36-33-39-17-8-9-18-43(39)37-46)45-34-31-42(32-35-45)41-29-27-40(28-30-41)38-15-4-2-5-16-38/h2-37H,1H3. The molecule has 10 rings (SSSR count). The van der Waals surface area contributed by atoms with Crippen LogP contribution in [0.5, 0.6) is 0 Å². The second kappa shape index (κ2) is 13.5. The molecule has 1 atom stereocenters. The van der Waals surface area contributed by atoms with E-state index in [-0.39, 0.29) is 5.41 Å². The Hall–Kier alpha value is -6.96. The minimum Gasteiger partial charge on any atom is -0.310 e. The van der Waals surface area contributed by atoms with E-state index in [1.54, 1.807) is 0 Å². The third-order valence-corrected chi connectivity index (χ3v) is 11.6. The van der Waals surface area contributed by atoms with Crippen molar-refractivity contribution in [2.24, 2.45) is 0 Å². The van der Waals surface area contributed by atoms with E-state index in [9.17, 15) is 0 Å². The monoisotopic (exact) mass is 701 g/mol. The van der Waals surface area contributed by atoms with Gasteiger partial charge in [-0.05, 0) is 104 Å². The van der Waals surface area contributed by atoms with Crippen LogP contribution in [-0.2, 0) is 5.41 Å². The first kappa shape index (κ1) is 32.7. The third-order valence-electron chi connectivity index (χ3n) is 11.6. The summed E-state index contributed by atoms with van der Waals surface area (Å²) < 4.78 is 0. The van der Waals surface area contributed by atoms with Crippen LogP contribution in [0.15, 0.2) is 218 Å². The fourth-order valence-electron chi connectivity index (χ4n) is 8.78. The number of nitrogens with zero attached hydrogens (tertiary/aromatic N) is 1. The summed E-state index contributed by atoms with van der Waals surface area (Å²) in [6.45, 7) is 2.39. The summed E-state index contributed by atoms with van der Waals surface area (Å²) in [6, 6.07) is 79.7. The maximum Gasteiger partial charge on any atom is 0.0540 e. The predicted octanol–water partition coefficient (Wildman–Crippen LogP) is 14.6. The molecule has 9 aromatic carbocycles. The van der Waals surface area contributed by atoms with Gasteiger partial charge < -0.3 is 4.90 Å². The molecule has 1 aliphatic carbocycles. The number of hydrogen-bond acceptors (Lipinski definition) is 1. The van der Waals surface area contributed by atoms with Gasteiger partial charge in [-0.25, -0.2) is 0 Å². The minimum absolute atomic E-state index is 0.273. The molecule has 0 bridgehead atoms. The Morgan fingerprint density at radius 2 is 0.855 bits per heavy atom. The van der Waals surface area contributed by atoms with Crippen LogP contribution in [0.2, 0.25) is 0 Å². The van der Waals surface area contributed by atoms with Crippen LogP contribution in [0.4, 0.5) is 17.1 Å². The average Bonchev–Trinajstić information content (AvgIpc) is 3.53. The molecule has 1 heteroatoms. The highest BCUT2D eigenvalue weighted by Crippen LogP contribution is 2.56. The van der Waals surface area contributed by atoms with Gasteiger partial charge in [-0.2, -0.15) is 0 Å². The molecule has 0 amide bonds. The molecule has 260 valence electrons. The number of anilines is 3. The quantitative estimate of drug-likeness (QED) is 0.160. The molecule has 0 fully saturated rings. The zero-order chi connectivity index (χ0) is 36.8. The predicted molar refractivity (Wildman–Crippen MR) is 232 cm³/mol. The van der Waals surface area contributed by atoms with E-state index >= 15 is 0 Å². The average molecular weight is 702 g/mol. The topological polar surface area (TPSA) is 3.24 Å². The van der Waals surface area contributed by atoms with E-state index in [1.807, 2.05) is 0 Å². The highest BCUT2D eigenvalue weighted by atomic mass is 15.1. The van der Waals surface area contributed by atoms with E-state index in [0.29, 0.717) is 0 Å². The second-order valence-corrected chi connectivity index (χ2v) is 14.6. The van der Waals surface area contributed by atoms with Crippen molar-refractivity contribution in [3.63, 3.8) is 0 Å². The Kier molecular flexibility index (Phi) is 8.00. The first-order chi connectivity index (χ1) is 27.2. The van der Waals surface area contributed by atoms with Gasteiger partial charge in [0.2, 0.25) is 0 Å². The SMILES string of the molecule is CC1(c2ccccc2)c2ccccc2-c2c(-c3ccccc3N(c3ccc(-c4ccc(-c5ccccc5)cc4)cc3)c3ccc4ccccc4c3)cccc21. The van der Waals surface area contributed by atoms with Gasteiger partial charge in [0.25, 0.3) is 0 Å². The fraction of sp³-hybridized carbons (Fsp3) is 0.0370. The highest BCUT2D eigenvalue weighted by Gasteiger charge is 2.41. The smallest absolute Gasteiger partial charge is 0.0540 e. The van der Waals surface area contributed by atoms with Crippen LogP contribution in [0.1, 0.15) is 23.6 Å². The van der Waals surface area contributed by atoms with Crippen LogP contribution in [-0.4, -0.2) is 0 Å². The van der Waals surface area contributed by atoms with Crippen LogP contribution >= 0.6 is 0 Å². The third kappa shape index (κ3) is 5.56. The number of fused-ring (bicyclic) bond motifs is 4. The zero-order valence-electron chi connectivity index (χ0n) is 30.7. The van der Waals surface area contributed by atoms with Gasteiger partial charge in [0.1, 0.15) is 0 Å². The molecular weight excluding hydrogens is 663 g/mol. The Labute approximate surface area is 323 Å². The number of para-hydroxylation sites is 1. The normalized spacial score (nSPS) is 14.3. The Morgan fingerprint density at radius 3 is 1.58 bits per heavy atom. The summed E-state index contributed by atoms with van der Waals surface area (Å²) in [5.41, 5.74) is 17.0. The summed E-state index contributed by atoms with van der Waals surface area (Å²) >= 11 is 0. The summed E-state index contributed by atoms with van der Waals surface area (Å²) in [6.07, 6.45) is 0. The molecule has 0 N–H and O–H groups in total. The molecule has 55 heavy (non-hydrogen) atoms. The van der Waals surface area contributed by atoms with E-state index in [4.69, 9.17) is 0 Å². The lowest BCUT2D eigenvalue weighted by Gasteiger charge is -2.30. The van der Waals surface area contributed by atoms with E-state index in [1.165, 1.54) is 72.0 Å². The largest absolute Gasteiger partial charge is 0.310 e. The van der Waals surface area contributed by atoms with Crippen molar-refractivity contribution in [3.05, 3.63) is 235 Å². The Morgan fingerprint density at radius 1 is 0.345 bits per heavy atom. The van der Waals surface area contributed by atoms with Gasteiger partial charge in [0.15, 0.2) is 0 Å². The molecule has 0 aromatic heterocycles. The van der Waals surface area contributed by atoms with Gasteiger partial charge in [0, 0.05) is 22.4 Å². The fourth-order valence-corrected chi connectivity index (χ4v) is 8.78. The van der Waals surface area contributed by atoms with E-state index < -0.39 is 0 Å². The highest BCUT2D eigenvalue weighted by molar-refractivity contribution is 5.99. The van der Waals surface area contributed by atoms with Crippen molar-refractivity contribution in [1.29, 1.82) is 0 Å². The van der Waals surface area contributed by atoms with Gasteiger partial charge in [-0.3, -0.25) is 0 Å². The minimum atomic E-state index is -0.273.